The Hall–Kier alpha value is -1.30. The molecule has 0 N–H and O–H groups in total. The second-order valence-electron chi connectivity index (χ2n) is 5.02. The van der Waals surface area contributed by atoms with Gasteiger partial charge in [-0.3, -0.25) is 9.69 Å². The van der Waals surface area contributed by atoms with E-state index in [-0.39, 0.29) is 25.2 Å². The number of halogens is 3. The molecule has 0 unspecified atom stereocenters. The Morgan fingerprint density at radius 2 is 2.00 bits per heavy atom. The average molecular weight is 274 g/mol. The molecule has 1 aromatic rings. The van der Waals surface area contributed by atoms with Crippen LogP contribution in [0.15, 0.2) is 18.3 Å². The largest absolute Gasteiger partial charge is 0.391 e. The molecular weight excluding hydrogens is 257 g/mol. The summed E-state index contributed by atoms with van der Waals surface area (Å²) < 4.78 is 39.3. The first-order chi connectivity index (χ1) is 8.88. The van der Waals surface area contributed by atoms with Gasteiger partial charge in [-0.1, -0.05) is 0 Å². The van der Waals surface area contributed by atoms with Gasteiger partial charge < -0.3 is 4.57 Å². The molecule has 1 saturated heterocycles. The molecule has 1 aromatic heterocycles. The summed E-state index contributed by atoms with van der Waals surface area (Å²) in [5, 5.41) is 0. The molecule has 0 amide bonds. The monoisotopic (exact) mass is 274 g/mol. The number of nitrogens with zero attached hydrogens (tertiary/aromatic N) is 2. The molecule has 0 aliphatic carbocycles. The number of carbonyl (C=O) groups excluding carboxylic acids is 1. The number of aromatic nitrogens is 1. The van der Waals surface area contributed by atoms with E-state index in [1.807, 2.05) is 0 Å². The van der Waals surface area contributed by atoms with Crippen molar-refractivity contribution in [2.24, 2.45) is 13.0 Å². The number of Topliss-reactive ketones (excluding diaryl/α,β-unsaturated/α-hetero) is 1. The number of alkyl halides is 3. The highest BCUT2D eigenvalue weighted by atomic mass is 19.4. The molecule has 0 bridgehead atoms. The molecule has 106 valence electrons. The van der Waals surface area contributed by atoms with Crippen LogP contribution in [0.5, 0.6) is 0 Å². The molecule has 1 aliphatic heterocycles. The summed E-state index contributed by atoms with van der Waals surface area (Å²) in [6.45, 7) is 0.864. The van der Waals surface area contributed by atoms with Crippen molar-refractivity contribution < 1.29 is 18.0 Å². The minimum atomic E-state index is -4.10. The molecule has 3 nitrogen and oxygen atoms in total. The van der Waals surface area contributed by atoms with Gasteiger partial charge in [-0.25, -0.2) is 0 Å². The Kier molecular flexibility index (Phi) is 3.99. The smallest absolute Gasteiger partial charge is 0.348 e. The van der Waals surface area contributed by atoms with E-state index in [9.17, 15) is 18.0 Å². The zero-order valence-electron chi connectivity index (χ0n) is 10.8. The molecule has 19 heavy (non-hydrogen) atoms. The molecule has 0 aromatic carbocycles. The number of aryl methyl sites for hydroxylation is 1. The minimum Gasteiger partial charge on any atom is -0.348 e. The predicted molar refractivity (Wildman–Crippen MR) is 65.0 cm³/mol. The standard InChI is InChI=1S/C13H17F3N2O/c1-17-6-2-3-11(17)12(19)9-18-7-4-10(5-8-18)13(14,15)16/h2-3,6,10H,4-5,7-9H2,1H3. The van der Waals surface area contributed by atoms with Crippen LogP contribution in [0.25, 0.3) is 0 Å². The third-order valence-electron chi connectivity index (χ3n) is 3.65. The van der Waals surface area contributed by atoms with Crippen LogP contribution in [0.4, 0.5) is 13.2 Å². The molecule has 1 fully saturated rings. The highest BCUT2D eigenvalue weighted by Crippen LogP contribution is 2.33. The molecule has 6 heteroatoms. The van der Waals surface area contributed by atoms with Crippen molar-refractivity contribution in [1.29, 1.82) is 0 Å². The van der Waals surface area contributed by atoms with Gasteiger partial charge in [0.15, 0.2) is 5.78 Å². The van der Waals surface area contributed by atoms with Gasteiger partial charge in [-0.15, -0.1) is 0 Å². The second kappa shape index (κ2) is 5.36. The highest BCUT2D eigenvalue weighted by Gasteiger charge is 2.41. The van der Waals surface area contributed by atoms with Gasteiger partial charge in [-0.2, -0.15) is 13.2 Å². The van der Waals surface area contributed by atoms with Crippen LogP contribution in [-0.2, 0) is 7.05 Å². The van der Waals surface area contributed by atoms with Crippen LogP contribution in [-0.4, -0.2) is 41.1 Å². The van der Waals surface area contributed by atoms with E-state index in [1.165, 1.54) is 0 Å². The number of hydrogen-bond acceptors (Lipinski definition) is 2. The van der Waals surface area contributed by atoms with Crippen molar-refractivity contribution in [3.05, 3.63) is 24.0 Å². The van der Waals surface area contributed by atoms with Crippen LogP contribution >= 0.6 is 0 Å². The van der Waals surface area contributed by atoms with E-state index < -0.39 is 12.1 Å². The first-order valence-electron chi connectivity index (χ1n) is 6.31. The fraction of sp³-hybridized carbons (Fsp3) is 0.615. The maximum Gasteiger partial charge on any atom is 0.391 e. The van der Waals surface area contributed by atoms with Gasteiger partial charge in [-0.05, 0) is 38.1 Å². The van der Waals surface area contributed by atoms with E-state index >= 15 is 0 Å². The number of carbonyl (C=O) groups is 1. The van der Waals surface area contributed by atoms with E-state index in [0.29, 0.717) is 18.8 Å². The first-order valence-corrected chi connectivity index (χ1v) is 6.31. The Balaban J connectivity index is 1.86. The van der Waals surface area contributed by atoms with E-state index in [1.54, 1.807) is 34.8 Å². The van der Waals surface area contributed by atoms with Crippen LogP contribution in [0.2, 0.25) is 0 Å². The molecule has 0 saturated carbocycles. The summed E-state index contributed by atoms with van der Waals surface area (Å²) in [5.41, 5.74) is 0.595. The lowest BCUT2D eigenvalue weighted by molar-refractivity contribution is -0.184. The first kappa shape index (κ1) is 14.1. The van der Waals surface area contributed by atoms with Crippen molar-refractivity contribution in [3.8, 4) is 0 Å². The molecule has 0 atom stereocenters. The summed E-state index contributed by atoms with van der Waals surface area (Å²) in [7, 11) is 1.78. The molecular formula is C13H17F3N2O. The van der Waals surface area contributed by atoms with Crippen molar-refractivity contribution >= 4 is 5.78 Å². The maximum atomic E-state index is 12.5. The Morgan fingerprint density at radius 3 is 2.47 bits per heavy atom. The van der Waals surface area contributed by atoms with Crippen LogP contribution < -0.4 is 0 Å². The molecule has 2 rings (SSSR count). The average Bonchev–Trinajstić information content (AvgIpc) is 2.75. The summed E-state index contributed by atoms with van der Waals surface area (Å²) in [4.78, 5) is 13.8. The van der Waals surface area contributed by atoms with Gasteiger partial charge >= 0.3 is 6.18 Å². The quantitative estimate of drug-likeness (QED) is 0.791. The van der Waals surface area contributed by atoms with Gasteiger partial charge in [0.2, 0.25) is 0 Å². The number of ketones is 1. The van der Waals surface area contributed by atoms with Crippen molar-refractivity contribution in [3.63, 3.8) is 0 Å². The summed E-state index contributed by atoms with van der Waals surface area (Å²) >= 11 is 0. The van der Waals surface area contributed by atoms with Gasteiger partial charge in [0.25, 0.3) is 0 Å². The number of rotatable bonds is 3. The van der Waals surface area contributed by atoms with Gasteiger partial charge in [0.1, 0.15) is 0 Å². The van der Waals surface area contributed by atoms with Gasteiger partial charge in [0, 0.05) is 13.2 Å². The minimum absolute atomic E-state index is 0.0436. The zero-order chi connectivity index (χ0) is 14.0. The normalized spacial score (nSPS) is 18.7. The fourth-order valence-electron chi connectivity index (χ4n) is 2.45. The van der Waals surface area contributed by atoms with Crippen LogP contribution in [0.1, 0.15) is 23.3 Å². The fourth-order valence-corrected chi connectivity index (χ4v) is 2.45. The zero-order valence-corrected chi connectivity index (χ0v) is 10.8. The van der Waals surface area contributed by atoms with Crippen molar-refractivity contribution in [2.75, 3.05) is 19.6 Å². The topological polar surface area (TPSA) is 25.2 Å². The lowest BCUT2D eigenvalue weighted by atomic mass is 9.96. The van der Waals surface area contributed by atoms with E-state index in [2.05, 4.69) is 0 Å². The van der Waals surface area contributed by atoms with Crippen LogP contribution in [0, 0.1) is 5.92 Å². The summed E-state index contributed by atoms with van der Waals surface area (Å²) in [5.74, 6) is -1.26. The Morgan fingerprint density at radius 1 is 1.37 bits per heavy atom. The van der Waals surface area contributed by atoms with Crippen molar-refractivity contribution in [2.45, 2.75) is 19.0 Å². The lowest BCUT2D eigenvalue weighted by Crippen LogP contribution is -2.41. The van der Waals surface area contributed by atoms with Crippen molar-refractivity contribution in [1.82, 2.24) is 9.47 Å². The highest BCUT2D eigenvalue weighted by molar-refractivity contribution is 5.96. The SMILES string of the molecule is Cn1cccc1C(=O)CN1CCC(C(F)(F)F)CC1. The number of hydrogen-bond donors (Lipinski definition) is 0. The van der Waals surface area contributed by atoms with E-state index in [0.717, 1.165) is 0 Å². The predicted octanol–water partition coefficient (Wildman–Crippen LogP) is 2.48. The molecule has 0 radical (unpaired) electrons. The molecule has 1 aliphatic rings. The summed E-state index contributed by atoms with van der Waals surface area (Å²) in [6.07, 6.45) is -2.15. The Bertz CT molecular complexity index is 445. The Labute approximate surface area is 110 Å². The second-order valence-corrected chi connectivity index (χ2v) is 5.02. The number of piperidine rings is 1. The van der Waals surface area contributed by atoms with Crippen LogP contribution in [0.3, 0.4) is 0 Å². The lowest BCUT2D eigenvalue weighted by Gasteiger charge is -2.32. The molecule has 0 spiro atoms. The van der Waals surface area contributed by atoms with Gasteiger partial charge in [0.05, 0.1) is 18.2 Å². The molecule has 2 heterocycles. The maximum absolute atomic E-state index is 12.5. The third-order valence-corrected chi connectivity index (χ3v) is 3.65. The third kappa shape index (κ3) is 3.37. The number of likely N-dealkylation sites (tertiary alicyclic amines) is 1. The van der Waals surface area contributed by atoms with E-state index in [4.69, 9.17) is 0 Å². The summed E-state index contributed by atoms with van der Waals surface area (Å²) in [6, 6.07) is 3.51.